The van der Waals surface area contributed by atoms with Gasteiger partial charge in [0.25, 0.3) is 0 Å². The van der Waals surface area contributed by atoms with E-state index < -0.39 is 0 Å². The standard InChI is InChI=1S/C13H16N4O/c1-18-11-4-2-3-10(7-11)8-12-15-16-13-9-14-5-6-17(12)13/h2-4,7,14H,5-6,8-9H2,1H3. The van der Waals surface area contributed by atoms with Gasteiger partial charge >= 0.3 is 0 Å². The molecule has 0 radical (unpaired) electrons. The second kappa shape index (κ2) is 4.78. The van der Waals surface area contributed by atoms with Gasteiger partial charge in [-0.25, -0.2) is 0 Å². The fourth-order valence-corrected chi connectivity index (χ4v) is 2.25. The third kappa shape index (κ3) is 2.09. The van der Waals surface area contributed by atoms with Gasteiger partial charge in [0.2, 0.25) is 0 Å². The van der Waals surface area contributed by atoms with Crippen LogP contribution in [-0.4, -0.2) is 28.4 Å². The number of benzene rings is 1. The largest absolute Gasteiger partial charge is 0.497 e. The second-order valence-electron chi connectivity index (χ2n) is 4.39. The van der Waals surface area contributed by atoms with Crippen molar-refractivity contribution < 1.29 is 4.74 Å². The van der Waals surface area contributed by atoms with E-state index >= 15 is 0 Å². The lowest BCUT2D eigenvalue weighted by molar-refractivity contribution is 0.414. The molecule has 0 unspecified atom stereocenters. The molecule has 1 aromatic carbocycles. The number of ether oxygens (including phenoxy) is 1. The van der Waals surface area contributed by atoms with Crippen LogP contribution in [0.3, 0.4) is 0 Å². The first kappa shape index (κ1) is 11.2. The number of hydrogen-bond donors (Lipinski definition) is 1. The molecule has 0 saturated carbocycles. The van der Waals surface area contributed by atoms with Gasteiger partial charge in [-0.1, -0.05) is 12.1 Å². The highest BCUT2D eigenvalue weighted by atomic mass is 16.5. The van der Waals surface area contributed by atoms with Gasteiger partial charge in [0.15, 0.2) is 0 Å². The minimum atomic E-state index is 0.796. The SMILES string of the molecule is COc1cccc(Cc2nnc3n2CCNC3)c1. The van der Waals surface area contributed by atoms with Crippen molar-refractivity contribution in [2.75, 3.05) is 13.7 Å². The van der Waals surface area contributed by atoms with Crippen molar-refractivity contribution in [1.29, 1.82) is 0 Å². The molecule has 18 heavy (non-hydrogen) atoms. The first-order valence-electron chi connectivity index (χ1n) is 6.11. The van der Waals surface area contributed by atoms with Crippen LogP contribution < -0.4 is 10.1 Å². The zero-order valence-corrected chi connectivity index (χ0v) is 10.4. The average Bonchev–Trinajstić information content (AvgIpc) is 2.83. The molecule has 0 aliphatic carbocycles. The monoisotopic (exact) mass is 244 g/mol. The maximum absolute atomic E-state index is 5.23. The summed E-state index contributed by atoms with van der Waals surface area (Å²) in [5.74, 6) is 2.94. The van der Waals surface area contributed by atoms with E-state index in [4.69, 9.17) is 4.74 Å². The van der Waals surface area contributed by atoms with E-state index in [1.54, 1.807) is 7.11 Å². The van der Waals surface area contributed by atoms with E-state index in [1.165, 1.54) is 5.56 Å². The molecule has 5 nitrogen and oxygen atoms in total. The Hall–Kier alpha value is -1.88. The summed E-state index contributed by atoms with van der Waals surface area (Å²) >= 11 is 0. The molecule has 0 atom stereocenters. The lowest BCUT2D eigenvalue weighted by atomic mass is 10.1. The smallest absolute Gasteiger partial charge is 0.147 e. The van der Waals surface area contributed by atoms with Gasteiger partial charge in [-0.15, -0.1) is 10.2 Å². The molecule has 1 N–H and O–H groups in total. The van der Waals surface area contributed by atoms with Crippen LogP contribution in [0.2, 0.25) is 0 Å². The summed E-state index contributed by atoms with van der Waals surface area (Å²) in [5.41, 5.74) is 1.20. The lowest BCUT2D eigenvalue weighted by Gasteiger charge is -2.16. The highest BCUT2D eigenvalue weighted by Gasteiger charge is 2.15. The number of nitrogens with one attached hydrogen (secondary N) is 1. The third-order valence-corrected chi connectivity index (χ3v) is 3.20. The minimum Gasteiger partial charge on any atom is -0.497 e. The molecule has 0 bridgehead atoms. The Morgan fingerprint density at radius 2 is 2.33 bits per heavy atom. The number of methoxy groups -OCH3 is 1. The van der Waals surface area contributed by atoms with E-state index in [9.17, 15) is 0 Å². The number of aromatic nitrogens is 3. The molecule has 0 saturated heterocycles. The van der Waals surface area contributed by atoms with Crippen molar-refractivity contribution in [3.8, 4) is 5.75 Å². The van der Waals surface area contributed by atoms with Gasteiger partial charge in [0.05, 0.1) is 13.7 Å². The molecule has 0 amide bonds. The van der Waals surface area contributed by atoms with Gasteiger partial charge in [-0.05, 0) is 17.7 Å². The highest BCUT2D eigenvalue weighted by Crippen LogP contribution is 2.16. The third-order valence-electron chi connectivity index (χ3n) is 3.20. The molecular formula is C13H16N4O. The lowest BCUT2D eigenvalue weighted by Crippen LogP contribution is -2.29. The summed E-state index contributed by atoms with van der Waals surface area (Å²) in [4.78, 5) is 0. The maximum atomic E-state index is 5.23. The van der Waals surface area contributed by atoms with Crippen LogP contribution in [0.15, 0.2) is 24.3 Å². The fourth-order valence-electron chi connectivity index (χ4n) is 2.25. The van der Waals surface area contributed by atoms with Gasteiger partial charge in [-0.2, -0.15) is 0 Å². The van der Waals surface area contributed by atoms with E-state index in [1.807, 2.05) is 18.2 Å². The summed E-state index contributed by atoms with van der Waals surface area (Å²) in [7, 11) is 1.68. The Balaban J connectivity index is 1.85. The van der Waals surface area contributed by atoms with Crippen LogP contribution in [0, 0.1) is 0 Å². The van der Waals surface area contributed by atoms with Gasteiger partial charge in [0.1, 0.15) is 17.4 Å². The fraction of sp³-hybridized carbons (Fsp3) is 0.385. The van der Waals surface area contributed by atoms with Crippen LogP contribution in [0.1, 0.15) is 17.2 Å². The summed E-state index contributed by atoms with van der Waals surface area (Å²) in [6.07, 6.45) is 0.796. The van der Waals surface area contributed by atoms with E-state index in [0.29, 0.717) is 0 Å². The Bertz CT molecular complexity index is 550. The van der Waals surface area contributed by atoms with E-state index in [2.05, 4.69) is 26.1 Å². The number of rotatable bonds is 3. The first-order chi connectivity index (χ1) is 8.86. The van der Waals surface area contributed by atoms with Gasteiger partial charge < -0.3 is 14.6 Å². The summed E-state index contributed by atoms with van der Waals surface area (Å²) in [5, 5.41) is 11.8. The van der Waals surface area contributed by atoms with Crippen LogP contribution in [-0.2, 0) is 19.5 Å². The second-order valence-corrected chi connectivity index (χ2v) is 4.39. The van der Waals surface area contributed by atoms with Gasteiger partial charge in [0, 0.05) is 19.5 Å². The van der Waals surface area contributed by atoms with Gasteiger partial charge in [-0.3, -0.25) is 0 Å². The zero-order valence-electron chi connectivity index (χ0n) is 10.4. The quantitative estimate of drug-likeness (QED) is 0.874. The van der Waals surface area contributed by atoms with E-state index in [-0.39, 0.29) is 0 Å². The average molecular weight is 244 g/mol. The predicted octanol–water partition coefficient (Wildman–Crippen LogP) is 0.981. The number of nitrogens with zero attached hydrogens (tertiary/aromatic N) is 3. The zero-order chi connectivity index (χ0) is 12.4. The molecule has 0 spiro atoms. The van der Waals surface area contributed by atoms with Crippen LogP contribution in [0.5, 0.6) is 5.75 Å². The summed E-state index contributed by atoms with van der Waals surface area (Å²) in [6, 6.07) is 8.09. The molecule has 3 rings (SSSR count). The van der Waals surface area contributed by atoms with Crippen molar-refractivity contribution in [2.24, 2.45) is 0 Å². The highest BCUT2D eigenvalue weighted by molar-refractivity contribution is 5.30. The minimum absolute atomic E-state index is 0.796. The maximum Gasteiger partial charge on any atom is 0.147 e. The molecular weight excluding hydrogens is 228 g/mol. The molecule has 1 aliphatic heterocycles. The molecule has 0 fully saturated rings. The van der Waals surface area contributed by atoms with Crippen LogP contribution in [0.25, 0.3) is 0 Å². The Morgan fingerprint density at radius 1 is 1.39 bits per heavy atom. The molecule has 1 aliphatic rings. The predicted molar refractivity (Wildman–Crippen MR) is 67.5 cm³/mol. The van der Waals surface area contributed by atoms with Crippen molar-refractivity contribution in [3.05, 3.63) is 41.5 Å². The number of hydrogen-bond acceptors (Lipinski definition) is 4. The molecule has 5 heteroatoms. The van der Waals surface area contributed by atoms with E-state index in [0.717, 1.165) is 43.5 Å². The Kier molecular flexibility index (Phi) is 2.98. The van der Waals surface area contributed by atoms with Crippen molar-refractivity contribution in [3.63, 3.8) is 0 Å². The molecule has 1 aromatic heterocycles. The number of fused-ring (bicyclic) bond motifs is 1. The summed E-state index contributed by atoms with van der Waals surface area (Å²) < 4.78 is 7.44. The molecule has 2 heterocycles. The van der Waals surface area contributed by atoms with Crippen molar-refractivity contribution in [2.45, 2.75) is 19.5 Å². The first-order valence-corrected chi connectivity index (χ1v) is 6.11. The topological polar surface area (TPSA) is 52.0 Å². The molecule has 94 valence electrons. The Labute approximate surface area is 106 Å². The van der Waals surface area contributed by atoms with Crippen molar-refractivity contribution >= 4 is 0 Å². The summed E-state index contributed by atoms with van der Waals surface area (Å²) in [6.45, 7) is 2.74. The van der Waals surface area contributed by atoms with Crippen LogP contribution in [0.4, 0.5) is 0 Å². The van der Waals surface area contributed by atoms with Crippen LogP contribution >= 0.6 is 0 Å². The molecule has 2 aromatic rings. The normalized spacial score (nSPS) is 14.3. The Morgan fingerprint density at radius 3 is 3.22 bits per heavy atom. The van der Waals surface area contributed by atoms with Crippen molar-refractivity contribution in [1.82, 2.24) is 20.1 Å².